The smallest absolute Gasteiger partial charge is 0.174 e. The SMILES string of the molecule is CCSc1ccc(-c2cnc(Br)[nH]2)cc1. The van der Waals surface area contributed by atoms with Gasteiger partial charge in [0.2, 0.25) is 0 Å². The highest BCUT2D eigenvalue weighted by atomic mass is 79.9. The standard InChI is InChI=1S/C11H11BrN2S/c1-2-15-9-5-3-8(4-6-9)10-7-13-11(12)14-10/h3-7H,2H2,1H3,(H,13,14). The van der Waals surface area contributed by atoms with Crippen LogP contribution in [0, 0.1) is 0 Å². The number of imidazole rings is 1. The molecule has 0 atom stereocenters. The zero-order chi connectivity index (χ0) is 10.7. The van der Waals surface area contributed by atoms with Crippen LogP contribution in [0.1, 0.15) is 6.92 Å². The number of rotatable bonds is 3. The van der Waals surface area contributed by atoms with Gasteiger partial charge in [0.1, 0.15) is 0 Å². The van der Waals surface area contributed by atoms with Crippen molar-refractivity contribution < 1.29 is 0 Å². The van der Waals surface area contributed by atoms with Gasteiger partial charge in [0, 0.05) is 4.90 Å². The summed E-state index contributed by atoms with van der Waals surface area (Å²) in [6.07, 6.45) is 1.83. The molecule has 0 bridgehead atoms. The second kappa shape index (κ2) is 4.86. The summed E-state index contributed by atoms with van der Waals surface area (Å²) in [7, 11) is 0. The van der Waals surface area contributed by atoms with E-state index >= 15 is 0 Å². The third-order valence-electron chi connectivity index (χ3n) is 2.02. The van der Waals surface area contributed by atoms with E-state index in [1.54, 1.807) is 0 Å². The molecule has 0 unspecified atom stereocenters. The largest absolute Gasteiger partial charge is 0.333 e. The van der Waals surface area contributed by atoms with Crippen molar-refractivity contribution in [1.29, 1.82) is 0 Å². The number of halogens is 1. The Kier molecular flexibility index (Phi) is 3.49. The summed E-state index contributed by atoms with van der Waals surface area (Å²) in [6, 6.07) is 8.49. The Labute approximate surface area is 102 Å². The molecule has 0 radical (unpaired) electrons. The predicted molar refractivity (Wildman–Crippen MR) is 68.1 cm³/mol. The molecule has 4 heteroatoms. The van der Waals surface area contributed by atoms with Gasteiger partial charge in [0.25, 0.3) is 0 Å². The molecule has 2 nitrogen and oxygen atoms in total. The van der Waals surface area contributed by atoms with Crippen LogP contribution in [0.25, 0.3) is 11.3 Å². The minimum absolute atomic E-state index is 0.768. The number of nitrogens with zero attached hydrogens (tertiary/aromatic N) is 1. The average Bonchev–Trinajstić information content (AvgIpc) is 2.67. The van der Waals surface area contributed by atoms with E-state index in [9.17, 15) is 0 Å². The van der Waals surface area contributed by atoms with Gasteiger partial charge in [-0.15, -0.1) is 11.8 Å². The number of H-pyrrole nitrogens is 1. The summed E-state index contributed by atoms with van der Waals surface area (Å²) in [5.41, 5.74) is 2.20. The van der Waals surface area contributed by atoms with E-state index in [0.29, 0.717) is 0 Å². The van der Waals surface area contributed by atoms with Crippen LogP contribution in [0.5, 0.6) is 0 Å². The normalized spacial score (nSPS) is 10.5. The second-order valence-electron chi connectivity index (χ2n) is 3.05. The number of benzene rings is 1. The number of nitrogens with one attached hydrogen (secondary N) is 1. The van der Waals surface area contributed by atoms with Gasteiger partial charge in [-0.3, -0.25) is 0 Å². The lowest BCUT2D eigenvalue weighted by Gasteiger charge is -2.00. The molecule has 1 aromatic carbocycles. The number of aromatic amines is 1. The van der Waals surface area contributed by atoms with Crippen LogP contribution >= 0.6 is 27.7 Å². The molecule has 0 saturated heterocycles. The Morgan fingerprint density at radius 1 is 1.33 bits per heavy atom. The first-order valence-corrected chi connectivity index (χ1v) is 6.51. The summed E-state index contributed by atoms with van der Waals surface area (Å²) >= 11 is 5.15. The Hall–Kier alpha value is -0.740. The Morgan fingerprint density at radius 2 is 2.07 bits per heavy atom. The predicted octanol–water partition coefficient (Wildman–Crippen LogP) is 3.95. The van der Waals surface area contributed by atoms with E-state index in [1.807, 2.05) is 18.0 Å². The van der Waals surface area contributed by atoms with Gasteiger partial charge in [0.05, 0.1) is 11.9 Å². The molecule has 2 aromatic rings. The van der Waals surface area contributed by atoms with Crippen LogP contribution in [-0.2, 0) is 0 Å². The van der Waals surface area contributed by atoms with E-state index in [-0.39, 0.29) is 0 Å². The first-order chi connectivity index (χ1) is 7.29. The van der Waals surface area contributed by atoms with Crippen molar-refractivity contribution in [2.45, 2.75) is 11.8 Å². The molecule has 2 rings (SSSR count). The second-order valence-corrected chi connectivity index (χ2v) is 5.13. The van der Waals surface area contributed by atoms with E-state index in [4.69, 9.17) is 0 Å². The highest BCUT2D eigenvalue weighted by Crippen LogP contribution is 2.23. The molecule has 1 heterocycles. The lowest BCUT2D eigenvalue weighted by atomic mass is 10.2. The molecular formula is C11H11BrN2S. The average molecular weight is 283 g/mol. The summed E-state index contributed by atoms with van der Waals surface area (Å²) in [5.74, 6) is 1.11. The van der Waals surface area contributed by atoms with Crippen molar-refractivity contribution in [3.8, 4) is 11.3 Å². The fourth-order valence-electron chi connectivity index (χ4n) is 1.34. The van der Waals surface area contributed by atoms with Crippen molar-refractivity contribution in [3.63, 3.8) is 0 Å². The Morgan fingerprint density at radius 3 is 2.60 bits per heavy atom. The summed E-state index contributed by atoms with van der Waals surface area (Å²) in [4.78, 5) is 8.56. The molecule has 78 valence electrons. The number of thioether (sulfide) groups is 1. The number of hydrogen-bond acceptors (Lipinski definition) is 2. The van der Waals surface area contributed by atoms with Crippen LogP contribution < -0.4 is 0 Å². The third-order valence-corrected chi connectivity index (χ3v) is 3.32. The van der Waals surface area contributed by atoms with Crippen LogP contribution in [-0.4, -0.2) is 15.7 Å². The monoisotopic (exact) mass is 282 g/mol. The van der Waals surface area contributed by atoms with Crippen molar-refractivity contribution in [3.05, 3.63) is 35.2 Å². The van der Waals surface area contributed by atoms with Gasteiger partial charge in [-0.2, -0.15) is 0 Å². The van der Waals surface area contributed by atoms with Gasteiger partial charge in [0.15, 0.2) is 4.73 Å². The maximum absolute atomic E-state index is 4.11. The van der Waals surface area contributed by atoms with E-state index < -0.39 is 0 Å². The van der Waals surface area contributed by atoms with E-state index in [0.717, 1.165) is 21.7 Å². The Bertz CT molecular complexity index is 436. The van der Waals surface area contributed by atoms with E-state index in [2.05, 4.69) is 57.1 Å². The van der Waals surface area contributed by atoms with Gasteiger partial charge < -0.3 is 4.98 Å². The molecule has 0 fully saturated rings. The highest BCUT2D eigenvalue weighted by Gasteiger charge is 2.01. The van der Waals surface area contributed by atoms with Crippen LogP contribution in [0.3, 0.4) is 0 Å². The van der Waals surface area contributed by atoms with Gasteiger partial charge in [-0.1, -0.05) is 19.1 Å². The number of aromatic nitrogens is 2. The minimum Gasteiger partial charge on any atom is -0.333 e. The molecular weight excluding hydrogens is 272 g/mol. The maximum atomic E-state index is 4.11. The van der Waals surface area contributed by atoms with Gasteiger partial charge in [-0.25, -0.2) is 4.98 Å². The summed E-state index contributed by atoms with van der Waals surface area (Å²) < 4.78 is 0.768. The Balaban J connectivity index is 2.23. The molecule has 0 aliphatic heterocycles. The van der Waals surface area contributed by atoms with Crippen LogP contribution in [0.15, 0.2) is 40.1 Å². The molecule has 0 saturated carbocycles. The lowest BCUT2D eigenvalue weighted by Crippen LogP contribution is -1.78. The molecule has 0 aliphatic carbocycles. The van der Waals surface area contributed by atoms with Crippen molar-refractivity contribution in [1.82, 2.24) is 9.97 Å². The first-order valence-electron chi connectivity index (χ1n) is 4.73. The molecule has 1 aromatic heterocycles. The van der Waals surface area contributed by atoms with Crippen molar-refractivity contribution in [2.24, 2.45) is 0 Å². The third kappa shape index (κ3) is 2.63. The van der Waals surface area contributed by atoms with Crippen molar-refractivity contribution in [2.75, 3.05) is 5.75 Å². The number of hydrogen-bond donors (Lipinski definition) is 1. The lowest BCUT2D eigenvalue weighted by molar-refractivity contribution is 1.24. The minimum atomic E-state index is 0.768. The molecule has 1 N–H and O–H groups in total. The molecule has 15 heavy (non-hydrogen) atoms. The zero-order valence-corrected chi connectivity index (χ0v) is 10.7. The quantitative estimate of drug-likeness (QED) is 0.864. The highest BCUT2D eigenvalue weighted by molar-refractivity contribution is 9.10. The molecule has 0 amide bonds. The van der Waals surface area contributed by atoms with E-state index in [1.165, 1.54) is 4.90 Å². The van der Waals surface area contributed by atoms with Crippen molar-refractivity contribution >= 4 is 27.7 Å². The fraction of sp³-hybridized carbons (Fsp3) is 0.182. The van der Waals surface area contributed by atoms with Gasteiger partial charge >= 0.3 is 0 Å². The zero-order valence-electron chi connectivity index (χ0n) is 8.33. The summed E-state index contributed by atoms with van der Waals surface area (Å²) in [5, 5.41) is 0. The molecule has 0 aliphatic rings. The fourth-order valence-corrected chi connectivity index (χ4v) is 2.32. The topological polar surface area (TPSA) is 28.7 Å². The van der Waals surface area contributed by atoms with Crippen LogP contribution in [0.4, 0.5) is 0 Å². The summed E-state index contributed by atoms with van der Waals surface area (Å²) in [6.45, 7) is 2.16. The first kappa shape index (κ1) is 10.8. The van der Waals surface area contributed by atoms with Gasteiger partial charge in [-0.05, 0) is 39.4 Å². The molecule has 0 spiro atoms. The van der Waals surface area contributed by atoms with Crippen LogP contribution in [0.2, 0.25) is 0 Å². The maximum Gasteiger partial charge on any atom is 0.174 e.